The van der Waals surface area contributed by atoms with Gasteiger partial charge in [0.1, 0.15) is 5.75 Å². The molecule has 0 aliphatic carbocycles. The molecule has 0 unspecified atom stereocenters. The maximum atomic E-state index is 5.56. The lowest BCUT2D eigenvalue weighted by atomic mass is 10.2. The van der Waals surface area contributed by atoms with Gasteiger partial charge in [0, 0.05) is 18.7 Å². The van der Waals surface area contributed by atoms with Gasteiger partial charge in [-0.2, -0.15) is 20.1 Å². The van der Waals surface area contributed by atoms with E-state index < -0.39 is 0 Å². The molecule has 8 heteroatoms. The fraction of sp³-hybridized carbons (Fsp3) is 0.375. The highest BCUT2D eigenvalue weighted by molar-refractivity contribution is 5.83. The number of para-hydroxylation sites is 1. The van der Waals surface area contributed by atoms with Crippen LogP contribution in [0.25, 0.3) is 0 Å². The average molecular weight is 329 g/mol. The highest BCUT2D eigenvalue weighted by Crippen LogP contribution is 2.16. The Hall–Kier alpha value is -2.90. The van der Waals surface area contributed by atoms with Crippen molar-refractivity contribution in [3.05, 3.63) is 29.8 Å². The van der Waals surface area contributed by atoms with Gasteiger partial charge in [0.25, 0.3) is 0 Å². The number of nitrogens with zero attached hydrogens (tertiary/aromatic N) is 4. The number of rotatable bonds is 9. The zero-order chi connectivity index (χ0) is 17.2. The Morgan fingerprint density at radius 1 is 0.958 bits per heavy atom. The minimum atomic E-state index is 0.363. The van der Waals surface area contributed by atoms with Crippen LogP contribution in [0.4, 0.5) is 17.8 Å². The quantitative estimate of drug-likeness (QED) is 0.480. The zero-order valence-electron chi connectivity index (χ0n) is 14.2. The van der Waals surface area contributed by atoms with Gasteiger partial charge in [-0.3, -0.25) is 0 Å². The van der Waals surface area contributed by atoms with Gasteiger partial charge in [-0.1, -0.05) is 12.1 Å². The monoisotopic (exact) mass is 329 g/mol. The van der Waals surface area contributed by atoms with Gasteiger partial charge in [-0.25, -0.2) is 5.43 Å². The van der Waals surface area contributed by atoms with Crippen LogP contribution in [0.2, 0.25) is 0 Å². The number of hydrogen-bond donors (Lipinski definition) is 3. The lowest BCUT2D eigenvalue weighted by molar-refractivity contribution is 0.340. The van der Waals surface area contributed by atoms with E-state index in [1.165, 1.54) is 0 Å². The molecule has 0 saturated heterocycles. The molecule has 2 aromatic rings. The molecule has 0 aliphatic heterocycles. The number of anilines is 3. The molecule has 0 aliphatic rings. The van der Waals surface area contributed by atoms with E-state index in [-0.39, 0.29) is 0 Å². The number of nitrogens with one attached hydrogen (secondary N) is 3. The molecule has 1 aromatic heterocycles. The number of hydrogen-bond acceptors (Lipinski definition) is 8. The smallest absolute Gasteiger partial charge is 0.250 e. The average Bonchev–Trinajstić information content (AvgIpc) is 2.57. The van der Waals surface area contributed by atoms with Crippen molar-refractivity contribution in [2.75, 3.05) is 35.8 Å². The molecule has 24 heavy (non-hydrogen) atoms. The summed E-state index contributed by atoms with van der Waals surface area (Å²) in [6, 6.07) is 7.69. The third kappa shape index (κ3) is 5.08. The van der Waals surface area contributed by atoms with E-state index in [0.29, 0.717) is 24.5 Å². The molecule has 1 heterocycles. The van der Waals surface area contributed by atoms with Gasteiger partial charge >= 0.3 is 0 Å². The highest BCUT2D eigenvalue weighted by atomic mass is 16.5. The second kappa shape index (κ2) is 9.29. The molecule has 128 valence electrons. The molecule has 0 radical (unpaired) electrons. The van der Waals surface area contributed by atoms with Crippen molar-refractivity contribution >= 4 is 24.1 Å². The second-order valence-corrected chi connectivity index (χ2v) is 4.71. The third-order valence-corrected chi connectivity index (χ3v) is 2.89. The zero-order valence-corrected chi connectivity index (χ0v) is 14.2. The number of ether oxygens (including phenoxy) is 1. The summed E-state index contributed by atoms with van der Waals surface area (Å²) in [6.45, 7) is 7.95. The Bertz CT molecular complexity index is 651. The van der Waals surface area contributed by atoms with Crippen LogP contribution in [0.15, 0.2) is 29.4 Å². The first kappa shape index (κ1) is 17.5. The summed E-state index contributed by atoms with van der Waals surface area (Å²) in [5.74, 6) is 2.14. The molecule has 0 fully saturated rings. The van der Waals surface area contributed by atoms with E-state index in [4.69, 9.17) is 4.74 Å². The fourth-order valence-corrected chi connectivity index (χ4v) is 1.93. The number of hydrazone groups is 1. The summed E-state index contributed by atoms with van der Waals surface area (Å²) in [5, 5.41) is 10.3. The van der Waals surface area contributed by atoms with Gasteiger partial charge in [0.2, 0.25) is 17.8 Å². The van der Waals surface area contributed by atoms with Crippen LogP contribution in [-0.4, -0.2) is 40.9 Å². The lowest BCUT2D eigenvalue weighted by Crippen LogP contribution is -2.10. The third-order valence-electron chi connectivity index (χ3n) is 2.89. The first-order chi connectivity index (χ1) is 11.8. The molecule has 2 rings (SSSR count). The number of aromatic nitrogens is 3. The van der Waals surface area contributed by atoms with Crippen molar-refractivity contribution in [2.24, 2.45) is 5.10 Å². The standard InChI is InChI=1S/C16H23N7O/c1-4-17-14-20-15(18-5-2)22-16(21-14)23-19-11-12-9-7-8-10-13(12)24-6-3/h7-11H,4-6H2,1-3H3,(H3,17,18,20,21,22,23)/b19-11+. The molecule has 0 atom stereocenters. The Kier molecular flexibility index (Phi) is 6.75. The molecular formula is C16H23N7O. The maximum Gasteiger partial charge on any atom is 0.250 e. The molecule has 0 spiro atoms. The predicted octanol–water partition coefficient (Wildman–Crippen LogP) is 2.58. The fourth-order valence-electron chi connectivity index (χ4n) is 1.93. The van der Waals surface area contributed by atoms with Gasteiger partial charge < -0.3 is 15.4 Å². The van der Waals surface area contributed by atoms with Crippen LogP contribution < -0.4 is 20.8 Å². The molecule has 0 amide bonds. The van der Waals surface area contributed by atoms with Crippen LogP contribution in [0, 0.1) is 0 Å². The van der Waals surface area contributed by atoms with Gasteiger partial charge in [0.05, 0.1) is 12.8 Å². The van der Waals surface area contributed by atoms with Crippen LogP contribution in [0.5, 0.6) is 5.75 Å². The van der Waals surface area contributed by atoms with Gasteiger partial charge in [-0.05, 0) is 32.9 Å². The summed E-state index contributed by atoms with van der Waals surface area (Å²) in [6.07, 6.45) is 1.68. The summed E-state index contributed by atoms with van der Waals surface area (Å²) < 4.78 is 5.56. The van der Waals surface area contributed by atoms with E-state index in [2.05, 4.69) is 36.1 Å². The normalized spacial score (nSPS) is 10.6. The Morgan fingerprint density at radius 3 is 2.21 bits per heavy atom. The van der Waals surface area contributed by atoms with Crippen LogP contribution >= 0.6 is 0 Å². The molecule has 0 bridgehead atoms. The SMILES string of the molecule is CCNc1nc(NCC)nc(N/N=C/c2ccccc2OCC)n1. The van der Waals surface area contributed by atoms with Gasteiger partial charge in [0.15, 0.2) is 0 Å². The molecular weight excluding hydrogens is 306 g/mol. The first-order valence-electron chi connectivity index (χ1n) is 8.01. The van der Waals surface area contributed by atoms with Crippen molar-refractivity contribution in [2.45, 2.75) is 20.8 Å². The Balaban J connectivity index is 2.13. The predicted molar refractivity (Wildman–Crippen MR) is 97.0 cm³/mol. The van der Waals surface area contributed by atoms with Gasteiger partial charge in [-0.15, -0.1) is 0 Å². The Labute approximate surface area is 141 Å². The minimum Gasteiger partial charge on any atom is -0.493 e. The van der Waals surface area contributed by atoms with E-state index in [1.54, 1.807) is 6.21 Å². The summed E-state index contributed by atoms with van der Waals surface area (Å²) >= 11 is 0. The lowest BCUT2D eigenvalue weighted by Gasteiger charge is -2.08. The Morgan fingerprint density at radius 2 is 1.58 bits per heavy atom. The highest BCUT2D eigenvalue weighted by Gasteiger charge is 2.05. The molecule has 1 aromatic carbocycles. The molecule has 8 nitrogen and oxygen atoms in total. The van der Waals surface area contributed by atoms with Crippen molar-refractivity contribution in [1.82, 2.24) is 15.0 Å². The largest absolute Gasteiger partial charge is 0.493 e. The van der Waals surface area contributed by atoms with E-state index in [1.807, 2.05) is 45.0 Å². The van der Waals surface area contributed by atoms with Crippen LogP contribution in [0.3, 0.4) is 0 Å². The summed E-state index contributed by atoms with van der Waals surface area (Å²) in [7, 11) is 0. The second-order valence-electron chi connectivity index (χ2n) is 4.71. The van der Waals surface area contributed by atoms with E-state index in [0.717, 1.165) is 24.4 Å². The van der Waals surface area contributed by atoms with Crippen molar-refractivity contribution in [3.63, 3.8) is 0 Å². The van der Waals surface area contributed by atoms with Crippen molar-refractivity contribution in [1.29, 1.82) is 0 Å². The summed E-state index contributed by atoms with van der Waals surface area (Å²) in [5.41, 5.74) is 3.71. The van der Waals surface area contributed by atoms with Crippen LogP contribution in [0.1, 0.15) is 26.3 Å². The summed E-state index contributed by atoms with van der Waals surface area (Å²) in [4.78, 5) is 12.8. The topological polar surface area (TPSA) is 96.4 Å². The molecule has 3 N–H and O–H groups in total. The van der Waals surface area contributed by atoms with Crippen LogP contribution in [-0.2, 0) is 0 Å². The molecule has 0 saturated carbocycles. The van der Waals surface area contributed by atoms with E-state index >= 15 is 0 Å². The van der Waals surface area contributed by atoms with Crippen molar-refractivity contribution in [3.8, 4) is 5.75 Å². The first-order valence-corrected chi connectivity index (χ1v) is 8.01. The number of benzene rings is 1. The van der Waals surface area contributed by atoms with E-state index in [9.17, 15) is 0 Å². The minimum absolute atomic E-state index is 0.363. The maximum absolute atomic E-state index is 5.56. The van der Waals surface area contributed by atoms with Crippen molar-refractivity contribution < 1.29 is 4.74 Å².